The number of piperidine rings is 1. The third-order valence-corrected chi connectivity index (χ3v) is 8.57. The first kappa shape index (κ1) is 30.1. The molecule has 0 radical (unpaired) electrons. The Morgan fingerprint density at radius 2 is 2.00 bits per heavy atom. The highest BCUT2D eigenvalue weighted by Crippen LogP contribution is 2.55. The van der Waals surface area contributed by atoms with Crippen molar-refractivity contribution in [2.45, 2.75) is 62.6 Å². The molecule has 6 rings (SSSR count). The first-order valence-electron chi connectivity index (χ1n) is 13.6. The van der Waals surface area contributed by atoms with Crippen LogP contribution in [0.5, 0.6) is 5.75 Å². The molecule has 6 atom stereocenters. The van der Waals surface area contributed by atoms with E-state index in [9.17, 15) is 27.2 Å². The standard InChI is InChI=1S/C28H31F5N4O5/c1-14-21(18-5-6-19(29)22(30)23(18)40-10-9-37-12-17-4-3-16(37)13-41-17)24(42-27(14,2)28(31,32)33)26(39)36-15-7-8-35-20(11-15)25(34)38/h5-8,11,14,16-17,21,24H,3-4,9-10,12-13H2,1-2H3,(H2,34,38)(H,35,36,39)/t14-,16-,17-,21-,24+,27+/m0/s1. The fraction of sp³-hybridized carbons (Fsp3) is 0.536. The molecule has 3 N–H and O–H groups in total. The Labute approximate surface area is 238 Å². The number of fused-ring (bicyclic) bond motifs is 3. The lowest BCUT2D eigenvalue weighted by Crippen LogP contribution is -2.55. The molecule has 9 nitrogen and oxygen atoms in total. The van der Waals surface area contributed by atoms with Crippen molar-refractivity contribution < 1.29 is 45.8 Å². The van der Waals surface area contributed by atoms with Crippen molar-refractivity contribution >= 4 is 17.5 Å². The Kier molecular flexibility index (Phi) is 8.16. The van der Waals surface area contributed by atoms with Crippen molar-refractivity contribution in [3.05, 3.63) is 53.4 Å². The predicted octanol–water partition coefficient (Wildman–Crippen LogP) is 3.78. The maximum absolute atomic E-state index is 15.2. The zero-order chi connectivity index (χ0) is 30.4. The van der Waals surface area contributed by atoms with Gasteiger partial charge in [-0.05, 0) is 38.0 Å². The molecular formula is C28H31F5N4O5. The minimum atomic E-state index is -4.91. The lowest BCUT2D eigenvalue weighted by Gasteiger charge is -2.45. The van der Waals surface area contributed by atoms with Gasteiger partial charge in [-0.15, -0.1) is 0 Å². The molecule has 0 spiro atoms. The molecule has 4 aliphatic rings. The topological polar surface area (TPSA) is 116 Å². The number of primary amides is 1. The molecule has 2 aromatic rings. The Bertz CT molecular complexity index is 1350. The van der Waals surface area contributed by atoms with E-state index < -0.39 is 58.9 Å². The Morgan fingerprint density at radius 1 is 1.24 bits per heavy atom. The first-order valence-corrected chi connectivity index (χ1v) is 13.6. The number of aromatic nitrogens is 1. The van der Waals surface area contributed by atoms with E-state index in [1.54, 1.807) is 0 Å². The summed E-state index contributed by atoms with van der Waals surface area (Å²) in [6.07, 6.45) is -3.55. The van der Waals surface area contributed by atoms with Crippen LogP contribution in [0, 0.1) is 17.6 Å². The summed E-state index contributed by atoms with van der Waals surface area (Å²) in [4.78, 5) is 30.8. The zero-order valence-corrected chi connectivity index (χ0v) is 22.9. The Balaban J connectivity index is 1.45. The van der Waals surface area contributed by atoms with Crippen LogP contribution in [0.25, 0.3) is 0 Å². The smallest absolute Gasteiger partial charge is 0.417 e. The van der Waals surface area contributed by atoms with Crippen LogP contribution in [0.15, 0.2) is 30.5 Å². The third-order valence-electron chi connectivity index (χ3n) is 8.57. The monoisotopic (exact) mass is 598 g/mol. The van der Waals surface area contributed by atoms with Crippen molar-refractivity contribution in [2.75, 3.05) is 31.6 Å². The summed E-state index contributed by atoms with van der Waals surface area (Å²) in [5, 5.41) is 2.43. The predicted molar refractivity (Wildman–Crippen MR) is 139 cm³/mol. The molecule has 0 unspecified atom stereocenters. The van der Waals surface area contributed by atoms with Crippen LogP contribution in [0.1, 0.15) is 48.7 Å². The molecule has 228 valence electrons. The van der Waals surface area contributed by atoms with Crippen molar-refractivity contribution in [1.29, 1.82) is 0 Å². The van der Waals surface area contributed by atoms with E-state index in [-0.39, 0.29) is 35.7 Å². The number of nitrogens with one attached hydrogen (secondary N) is 1. The van der Waals surface area contributed by atoms with Gasteiger partial charge in [-0.25, -0.2) is 4.39 Å². The number of halogens is 5. The largest absolute Gasteiger partial charge is 0.489 e. The van der Waals surface area contributed by atoms with Gasteiger partial charge in [0.25, 0.3) is 11.8 Å². The van der Waals surface area contributed by atoms with Crippen LogP contribution in [-0.4, -0.2) is 78.0 Å². The van der Waals surface area contributed by atoms with Gasteiger partial charge in [-0.1, -0.05) is 13.0 Å². The maximum atomic E-state index is 15.2. The third kappa shape index (κ3) is 5.54. The molecular weight excluding hydrogens is 567 g/mol. The average Bonchev–Trinajstić information content (AvgIpc) is 3.23. The summed E-state index contributed by atoms with van der Waals surface area (Å²) in [7, 11) is 0. The van der Waals surface area contributed by atoms with E-state index >= 15 is 4.39 Å². The van der Waals surface area contributed by atoms with Gasteiger partial charge in [-0.3, -0.25) is 19.5 Å². The van der Waals surface area contributed by atoms with Crippen LogP contribution >= 0.6 is 0 Å². The number of carbonyl (C=O) groups excluding carboxylic acids is 2. The van der Waals surface area contributed by atoms with Gasteiger partial charge in [0.05, 0.1) is 12.7 Å². The summed E-state index contributed by atoms with van der Waals surface area (Å²) in [6.45, 7) is 3.57. The van der Waals surface area contributed by atoms with Crippen molar-refractivity contribution in [3.8, 4) is 5.75 Å². The number of nitrogens with two attached hydrogens (primary N) is 1. The number of hydrogen-bond acceptors (Lipinski definition) is 7. The van der Waals surface area contributed by atoms with Crippen molar-refractivity contribution in [1.82, 2.24) is 9.88 Å². The number of ether oxygens (including phenoxy) is 3. The second kappa shape index (κ2) is 11.4. The second-order valence-electron chi connectivity index (χ2n) is 11.1. The number of carbonyl (C=O) groups is 2. The fourth-order valence-electron chi connectivity index (χ4n) is 6.01. The van der Waals surface area contributed by atoms with E-state index in [0.29, 0.717) is 19.7 Å². The molecule has 2 bridgehead atoms. The summed E-state index contributed by atoms with van der Waals surface area (Å²) < 4.78 is 89.5. The molecule has 2 amide bonds. The highest BCUT2D eigenvalue weighted by Gasteiger charge is 2.66. The number of hydrogen-bond donors (Lipinski definition) is 2. The van der Waals surface area contributed by atoms with Gasteiger partial charge in [0, 0.05) is 48.4 Å². The molecule has 14 heteroatoms. The molecule has 1 aromatic heterocycles. The fourth-order valence-corrected chi connectivity index (χ4v) is 6.01. The summed E-state index contributed by atoms with van der Waals surface area (Å²) in [5.74, 6) is -7.88. The summed E-state index contributed by atoms with van der Waals surface area (Å²) in [6, 6.07) is 4.54. The Hall–Kier alpha value is -3.36. The van der Waals surface area contributed by atoms with E-state index in [4.69, 9.17) is 19.9 Å². The minimum absolute atomic E-state index is 0.0287. The highest BCUT2D eigenvalue weighted by molar-refractivity contribution is 5.97. The van der Waals surface area contributed by atoms with Crippen LogP contribution in [0.2, 0.25) is 0 Å². The minimum Gasteiger partial charge on any atom is -0.489 e. The number of anilines is 1. The van der Waals surface area contributed by atoms with Gasteiger partial charge in [0.15, 0.2) is 17.2 Å². The lowest BCUT2D eigenvalue weighted by molar-refractivity contribution is -0.272. The van der Waals surface area contributed by atoms with E-state index in [0.717, 1.165) is 38.0 Å². The number of morpholine rings is 1. The average molecular weight is 599 g/mol. The number of benzene rings is 1. The summed E-state index contributed by atoms with van der Waals surface area (Å²) in [5.41, 5.74) is 2.13. The van der Waals surface area contributed by atoms with Crippen LogP contribution in [0.3, 0.4) is 0 Å². The SMILES string of the molecule is C[C@H]1[C@@H](c2ccc(F)c(F)c2OCCN2C[C@@H]3CC[C@H]2CO3)[C@H](C(=O)Nc2ccnc(C(N)=O)c2)O[C@@]1(C)C(F)(F)F. The number of alkyl halides is 3. The van der Waals surface area contributed by atoms with Gasteiger partial charge in [0.2, 0.25) is 5.82 Å². The highest BCUT2D eigenvalue weighted by atomic mass is 19.4. The van der Waals surface area contributed by atoms with Gasteiger partial charge < -0.3 is 25.3 Å². The number of pyridine rings is 1. The number of rotatable bonds is 8. The van der Waals surface area contributed by atoms with Crippen LogP contribution in [-0.2, 0) is 14.3 Å². The first-order chi connectivity index (χ1) is 19.8. The van der Waals surface area contributed by atoms with Crippen molar-refractivity contribution in [2.24, 2.45) is 11.7 Å². The number of amides is 2. The molecule has 4 aliphatic heterocycles. The maximum Gasteiger partial charge on any atom is 0.417 e. The molecule has 42 heavy (non-hydrogen) atoms. The number of nitrogens with zero attached hydrogens (tertiary/aromatic N) is 2. The molecule has 0 aliphatic carbocycles. The van der Waals surface area contributed by atoms with Crippen LogP contribution < -0.4 is 15.8 Å². The van der Waals surface area contributed by atoms with Crippen LogP contribution in [0.4, 0.5) is 27.6 Å². The quantitative estimate of drug-likeness (QED) is 0.445. The lowest BCUT2D eigenvalue weighted by atomic mass is 9.77. The zero-order valence-electron chi connectivity index (χ0n) is 22.9. The van der Waals surface area contributed by atoms with Gasteiger partial charge in [-0.2, -0.15) is 17.6 Å². The van der Waals surface area contributed by atoms with Gasteiger partial charge >= 0.3 is 6.18 Å². The molecule has 4 fully saturated rings. The molecule has 0 saturated carbocycles. The van der Waals surface area contributed by atoms with E-state index in [1.807, 2.05) is 0 Å². The van der Waals surface area contributed by atoms with E-state index in [1.165, 1.54) is 19.2 Å². The summed E-state index contributed by atoms with van der Waals surface area (Å²) >= 11 is 0. The normalized spacial score (nSPS) is 29.5. The van der Waals surface area contributed by atoms with Gasteiger partial charge in [0.1, 0.15) is 18.4 Å². The van der Waals surface area contributed by atoms with Crippen molar-refractivity contribution in [3.63, 3.8) is 0 Å². The second-order valence-corrected chi connectivity index (χ2v) is 11.1. The molecule has 5 heterocycles. The van der Waals surface area contributed by atoms with E-state index in [2.05, 4.69) is 15.2 Å². The molecule has 4 saturated heterocycles. The Morgan fingerprint density at radius 3 is 2.62 bits per heavy atom. The molecule has 1 aromatic carbocycles.